The number of para-hydroxylation sites is 1. The number of anilines is 2. The van der Waals surface area contributed by atoms with Crippen molar-refractivity contribution in [2.24, 2.45) is 0 Å². The summed E-state index contributed by atoms with van der Waals surface area (Å²) in [4.78, 5) is 29.0. The molecule has 102 valence electrons. The van der Waals surface area contributed by atoms with Crippen LogP contribution in [0.1, 0.15) is 21.6 Å². The largest absolute Gasteiger partial charge is 0.397 e. The molecule has 0 saturated heterocycles. The van der Waals surface area contributed by atoms with Crippen molar-refractivity contribution in [3.05, 3.63) is 57.5 Å². The Hall–Kier alpha value is -2.56. The zero-order chi connectivity index (χ0) is 14.3. The van der Waals surface area contributed by atoms with E-state index in [0.717, 1.165) is 23.4 Å². The second kappa shape index (κ2) is 4.52. The monoisotopic (exact) mass is 269 g/mol. The Balaban J connectivity index is 2.04. The molecule has 5 nitrogen and oxygen atoms in total. The predicted octanol–water partition coefficient (Wildman–Crippen LogP) is 1.47. The molecule has 3 N–H and O–H groups in total. The quantitative estimate of drug-likeness (QED) is 0.769. The lowest BCUT2D eigenvalue weighted by Crippen LogP contribution is -2.33. The maximum absolute atomic E-state index is 12.5. The number of nitrogens with two attached hydrogens (primary N) is 1. The molecule has 0 spiro atoms. The molecule has 1 aliphatic heterocycles. The molecule has 0 fully saturated rings. The normalized spacial score (nSPS) is 13.3. The molecular weight excluding hydrogens is 254 g/mol. The van der Waals surface area contributed by atoms with Gasteiger partial charge in [0.2, 0.25) is 0 Å². The molecular formula is C15H15N3O2. The number of carbonyl (C=O) groups is 1. The van der Waals surface area contributed by atoms with Gasteiger partial charge in [0.1, 0.15) is 5.56 Å². The standard InChI is InChI=1S/C15H15N3O2/c1-9-7-13(19)11(8-17-9)15(20)18-6-5-10-3-2-4-12(16)14(10)18/h2-4,7-8H,5-6,16H2,1H3,(H,17,19). The molecule has 0 aliphatic carbocycles. The third kappa shape index (κ3) is 1.87. The first-order valence-electron chi connectivity index (χ1n) is 6.46. The van der Waals surface area contributed by atoms with E-state index in [1.54, 1.807) is 17.9 Å². The van der Waals surface area contributed by atoms with E-state index in [9.17, 15) is 9.59 Å². The van der Waals surface area contributed by atoms with E-state index in [1.807, 2.05) is 12.1 Å². The Bertz CT molecular complexity index is 749. The summed E-state index contributed by atoms with van der Waals surface area (Å²) in [6, 6.07) is 7.03. The fourth-order valence-corrected chi connectivity index (χ4v) is 2.57. The van der Waals surface area contributed by atoms with Crippen molar-refractivity contribution >= 4 is 17.3 Å². The van der Waals surface area contributed by atoms with Crippen molar-refractivity contribution in [1.82, 2.24) is 4.98 Å². The highest BCUT2D eigenvalue weighted by molar-refractivity contribution is 6.08. The average Bonchev–Trinajstić information content (AvgIpc) is 2.83. The van der Waals surface area contributed by atoms with Crippen molar-refractivity contribution < 1.29 is 4.79 Å². The molecule has 3 rings (SSSR count). The van der Waals surface area contributed by atoms with Crippen molar-refractivity contribution in [2.75, 3.05) is 17.2 Å². The van der Waals surface area contributed by atoms with Crippen LogP contribution in [0.5, 0.6) is 0 Å². The molecule has 1 aromatic heterocycles. The van der Waals surface area contributed by atoms with Crippen LogP contribution in [-0.4, -0.2) is 17.4 Å². The van der Waals surface area contributed by atoms with Crippen molar-refractivity contribution in [2.45, 2.75) is 13.3 Å². The van der Waals surface area contributed by atoms with Gasteiger partial charge in [0.25, 0.3) is 5.91 Å². The molecule has 0 saturated carbocycles. The molecule has 5 heteroatoms. The summed E-state index contributed by atoms with van der Waals surface area (Å²) in [5.41, 5.74) is 8.91. The predicted molar refractivity (Wildman–Crippen MR) is 78.0 cm³/mol. The average molecular weight is 269 g/mol. The zero-order valence-corrected chi connectivity index (χ0v) is 11.1. The number of carbonyl (C=O) groups excluding carboxylic acids is 1. The fourth-order valence-electron chi connectivity index (χ4n) is 2.57. The summed E-state index contributed by atoms with van der Waals surface area (Å²) in [7, 11) is 0. The smallest absolute Gasteiger partial charge is 0.263 e. The zero-order valence-electron chi connectivity index (χ0n) is 11.1. The van der Waals surface area contributed by atoms with E-state index in [1.165, 1.54) is 12.3 Å². The Morgan fingerprint density at radius 3 is 2.95 bits per heavy atom. The first-order valence-corrected chi connectivity index (χ1v) is 6.46. The summed E-state index contributed by atoms with van der Waals surface area (Å²) in [6.45, 7) is 2.33. The maximum atomic E-state index is 12.5. The fraction of sp³-hybridized carbons (Fsp3) is 0.200. The highest BCUT2D eigenvalue weighted by Crippen LogP contribution is 2.34. The number of aromatic amines is 1. The summed E-state index contributed by atoms with van der Waals surface area (Å²) < 4.78 is 0. The molecule has 20 heavy (non-hydrogen) atoms. The number of hydrogen-bond donors (Lipinski definition) is 2. The van der Waals surface area contributed by atoms with Crippen LogP contribution in [0.15, 0.2) is 35.3 Å². The maximum Gasteiger partial charge on any atom is 0.263 e. The Kier molecular flexibility index (Phi) is 2.82. The van der Waals surface area contributed by atoms with Crippen LogP contribution >= 0.6 is 0 Å². The molecule has 1 aliphatic rings. The van der Waals surface area contributed by atoms with Gasteiger partial charge in [-0.3, -0.25) is 9.59 Å². The van der Waals surface area contributed by atoms with Gasteiger partial charge in [-0.1, -0.05) is 12.1 Å². The van der Waals surface area contributed by atoms with E-state index < -0.39 is 0 Å². The number of rotatable bonds is 1. The van der Waals surface area contributed by atoms with Crippen LogP contribution in [0.2, 0.25) is 0 Å². The summed E-state index contributed by atoms with van der Waals surface area (Å²) in [5.74, 6) is -0.303. The number of aryl methyl sites for hydroxylation is 1. The first-order chi connectivity index (χ1) is 9.58. The van der Waals surface area contributed by atoms with E-state index in [2.05, 4.69) is 4.98 Å². The van der Waals surface area contributed by atoms with Crippen LogP contribution in [0.25, 0.3) is 0 Å². The minimum Gasteiger partial charge on any atom is -0.397 e. The van der Waals surface area contributed by atoms with Gasteiger partial charge in [0.15, 0.2) is 5.43 Å². The number of fused-ring (bicyclic) bond motifs is 1. The van der Waals surface area contributed by atoms with Gasteiger partial charge in [0.05, 0.1) is 11.4 Å². The lowest BCUT2D eigenvalue weighted by atomic mass is 10.1. The summed E-state index contributed by atoms with van der Waals surface area (Å²) in [5, 5.41) is 0. The molecule has 1 amide bonds. The Labute approximate surface area is 116 Å². The summed E-state index contributed by atoms with van der Waals surface area (Å²) in [6.07, 6.45) is 2.23. The van der Waals surface area contributed by atoms with Gasteiger partial charge >= 0.3 is 0 Å². The van der Waals surface area contributed by atoms with Crippen LogP contribution in [0, 0.1) is 6.92 Å². The number of nitrogens with one attached hydrogen (secondary N) is 1. The highest BCUT2D eigenvalue weighted by Gasteiger charge is 2.28. The number of amides is 1. The van der Waals surface area contributed by atoms with E-state index >= 15 is 0 Å². The molecule has 2 heterocycles. The van der Waals surface area contributed by atoms with Crippen molar-refractivity contribution in [3.8, 4) is 0 Å². The Morgan fingerprint density at radius 2 is 2.20 bits per heavy atom. The number of nitrogens with zero attached hydrogens (tertiary/aromatic N) is 1. The third-order valence-electron chi connectivity index (χ3n) is 3.56. The van der Waals surface area contributed by atoms with Gasteiger partial charge in [0, 0.05) is 24.5 Å². The van der Waals surface area contributed by atoms with Crippen molar-refractivity contribution in [3.63, 3.8) is 0 Å². The topological polar surface area (TPSA) is 79.2 Å². The molecule has 0 bridgehead atoms. The molecule has 1 aromatic carbocycles. The number of hydrogen-bond acceptors (Lipinski definition) is 3. The van der Waals surface area contributed by atoms with Crippen molar-refractivity contribution in [1.29, 1.82) is 0 Å². The second-order valence-corrected chi connectivity index (χ2v) is 4.96. The van der Waals surface area contributed by atoms with E-state index in [4.69, 9.17) is 5.73 Å². The number of nitrogen functional groups attached to an aromatic ring is 1. The minimum atomic E-state index is -0.303. The van der Waals surface area contributed by atoms with Crippen LogP contribution in [-0.2, 0) is 6.42 Å². The second-order valence-electron chi connectivity index (χ2n) is 4.96. The van der Waals surface area contributed by atoms with Gasteiger partial charge in [-0.05, 0) is 25.0 Å². The third-order valence-corrected chi connectivity index (χ3v) is 3.56. The van der Waals surface area contributed by atoms with E-state index in [0.29, 0.717) is 12.2 Å². The summed E-state index contributed by atoms with van der Waals surface area (Å²) >= 11 is 0. The number of aromatic nitrogens is 1. The van der Waals surface area contributed by atoms with Crippen LogP contribution in [0.3, 0.4) is 0 Å². The SMILES string of the molecule is Cc1cc(=O)c(C(=O)N2CCc3cccc(N)c32)c[nH]1. The minimum absolute atomic E-state index is 0.145. The molecule has 2 aromatic rings. The van der Waals surface area contributed by atoms with E-state index in [-0.39, 0.29) is 16.9 Å². The van der Waals surface area contributed by atoms with Gasteiger partial charge < -0.3 is 15.6 Å². The highest BCUT2D eigenvalue weighted by atomic mass is 16.2. The molecule has 0 atom stereocenters. The molecule has 0 radical (unpaired) electrons. The van der Waals surface area contributed by atoms with Crippen LogP contribution in [0.4, 0.5) is 11.4 Å². The number of pyridine rings is 1. The van der Waals surface area contributed by atoms with Gasteiger partial charge in [-0.25, -0.2) is 0 Å². The molecule has 0 unspecified atom stereocenters. The number of H-pyrrole nitrogens is 1. The lowest BCUT2D eigenvalue weighted by Gasteiger charge is -2.18. The van der Waals surface area contributed by atoms with Gasteiger partial charge in [-0.15, -0.1) is 0 Å². The van der Waals surface area contributed by atoms with Gasteiger partial charge in [-0.2, -0.15) is 0 Å². The first kappa shape index (κ1) is 12.5. The lowest BCUT2D eigenvalue weighted by molar-refractivity contribution is 0.0988. The van der Waals surface area contributed by atoms with Crippen LogP contribution < -0.4 is 16.1 Å². The Morgan fingerprint density at radius 1 is 1.40 bits per heavy atom. The number of benzene rings is 1.